The van der Waals surface area contributed by atoms with Gasteiger partial charge in [0.2, 0.25) is 0 Å². The Hall–Kier alpha value is -2.04. The van der Waals surface area contributed by atoms with Gasteiger partial charge in [-0.1, -0.05) is 47.2 Å². The van der Waals surface area contributed by atoms with E-state index in [1.165, 1.54) is 34.8 Å². The Bertz CT molecular complexity index is 875. The molecule has 0 atom stereocenters. The lowest BCUT2D eigenvalue weighted by Gasteiger charge is -2.12. The Morgan fingerprint density at radius 3 is 1.92 bits per heavy atom. The Morgan fingerprint density at radius 1 is 0.760 bits per heavy atom. The van der Waals surface area contributed by atoms with Crippen molar-refractivity contribution >= 4 is 35.2 Å². The highest BCUT2D eigenvalue weighted by Gasteiger charge is 2.17. The van der Waals surface area contributed by atoms with Gasteiger partial charge in [-0.3, -0.25) is 4.79 Å². The molecule has 0 heterocycles. The lowest BCUT2D eigenvalue weighted by molar-refractivity contribution is -0.110. The molecule has 0 aromatic heterocycles. The van der Waals surface area contributed by atoms with Crippen molar-refractivity contribution in [3.63, 3.8) is 0 Å². The molecule has 0 saturated carbocycles. The number of aryl methyl sites for hydroxylation is 2. The van der Waals surface area contributed by atoms with E-state index in [-0.39, 0.29) is 5.78 Å². The predicted molar refractivity (Wildman–Crippen MR) is 108 cm³/mol. The molecule has 1 aliphatic rings. The van der Waals surface area contributed by atoms with Crippen molar-refractivity contribution < 1.29 is 4.79 Å². The largest absolute Gasteiger partial charge is 0.289 e. The van der Waals surface area contributed by atoms with Crippen molar-refractivity contribution in [1.29, 1.82) is 0 Å². The monoisotopic (exact) mass is 365 g/mol. The fourth-order valence-corrected chi connectivity index (χ4v) is 3.78. The van der Waals surface area contributed by atoms with Gasteiger partial charge >= 0.3 is 0 Å². The molecule has 2 aromatic carbocycles. The first-order valence-electron chi connectivity index (χ1n) is 8.02. The molecule has 126 valence electrons. The van der Waals surface area contributed by atoms with Crippen LogP contribution in [0.2, 0.25) is 0 Å². The number of benzene rings is 2. The van der Waals surface area contributed by atoms with Gasteiger partial charge in [-0.25, -0.2) is 4.40 Å². The third kappa shape index (κ3) is 4.74. The molecule has 4 heteroatoms. The zero-order chi connectivity index (χ0) is 17.8. The second-order valence-corrected chi connectivity index (χ2v) is 7.95. The molecule has 0 unspecified atom stereocenters. The van der Waals surface area contributed by atoms with E-state index < -0.39 is 0 Å². The number of hydrogen-bond donors (Lipinski definition) is 0. The molecular formula is C21H19NOS2. The van der Waals surface area contributed by atoms with Crippen LogP contribution in [0.5, 0.6) is 0 Å². The van der Waals surface area contributed by atoms with E-state index in [9.17, 15) is 4.79 Å². The lowest BCUT2D eigenvalue weighted by Crippen LogP contribution is -2.09. The maximum atomic E-state index is 12.3. The van der Waals surface area contributed by atoms with Crippen LogP contribution < -0.4 is 0 Å². The maximum absolute atomic E-state index is 12.3. The van der Waals surface area contributed by atoms with E-state index in [1.807, 2.05) is 25.1 Å². The van der Waals surface area contributed by atoms with Gasteiger partial charge in [-0.15, -0.1) is 0 Å². The van der Waals surface area contributed by atoms with Crippen LogP contribution in [0.25, 0.3) is 0 Å². The summed E-state index contributed by atoms with van der Waals surface area (Å²) in [5, 5.41) is 0. The second kappa shape index (κ2) is 7.89. The first-order valence-corrected chi connectivity index (χ1v) is 9.61. The van der Waals surface area contributed by atoms with Crippen molar-refractivity contribution in [2.45, 2.75) is 30.6 Å². The van der Waals surface area contributed by atoms with Gasteiger partial charge in [0, 0.05) is 21.7 Å². The number of nitrogens with zero attached hydrogens (tertiary/aromatic N) is 1. The summed E-state index contributed by atoms with van der Waals surface area (Å²) < 4.78 is 4.63. The van der Waals surface area contributed by atoms with Crippen molar-refractivity contribution in [3.8, 4) is 0 Å². The standard InChI is InChI=1S/C21H19NOS2/c1-14-4-8-17(9-5-14)24-21-13-19(16(3)12-20(21)23)22-25-18-10-6-15(2)7-11-18/h4-13H,1-3H3. The molecule has 0 bridgehead atoms. The molecule has 0 aliphatic heterocycles. The maximum Gasteiger partial charge on any atom is 0.192 e. The van der Waals surface area contributed by atoms with Crippen LogP contribution in [0.3, 0.4) is 0 Å². The summed E-state index contributed by atoms with van der Waals surface area (Å²) in [5.74, 6) is 0.0439. The summed E-state index contributed by atoms with van der Waals surface area (Å²) in [6.45, 7) is 6.05. The Labute approximate surface area is 157 Å². The minimum absolute atomic E-state index is 0.0439. The normalized spacial score (nSPS) is 16.0. The SMILES string of the molecule is CC1=CC(=O)C(Sc2ccc(C)cc2)=CC1=NSc1ccc(C)cc1. The van der Waals surface area contributed by atoms with Gasteiger partial charge in [0.05, 0.1) is 10.6 Å². The van der Waals surface area contributed by atoms with Crippen LogP contribution in [0.4, 0.5) is 0 Å². The molecular weight excluding hydrogens is 346 g/mol. The molecule has 2 nitrogen and oxygen atoms in total. The van der Waals surface area contributed by atoms with Crippen LogP contribution in [-0.4, -0.2) is 11.5 Å². The Balaban J connectivity index is 1.80. The molecule has 0 spiro atoms. The zero-order valence-corrected chi connectivity index (χ0v) is 16.1. The molecule has 0 N–H and O–H groups in total. The number of allylic oxidation sites excluding steroid dienone is 4. The number of carbonyl (C=O) groups is 1. The van der Waals surface area contributed by atoms with Crippen LogP contribution in [0, 0.1) is 13.8 Å². The van der Waals surface area contributed by atoms with Crippen LogP contribution >= 0.6 is 23.7 Å². The number of rotatable bonds is 4. The first-order chi connectivity index (χ1) is 12.0. The zero-order valence-electron chi connectivity index (χ0n) is 14.4. The molecule has 0 fully saturated rings. The molecule has 0 amide bonds. The Kier molecular flexibility index (Phi) is 5.61. The van der Waals surface area contributed by atoms with E-state index in [2.05, 4.69) is 54.6 Å². The van der Waals surface area contributed by atoms with Gasteiger partial charge in [-0.05, 0) is 62.8 Å². The quantitative estimate of drug-likeness (QED) is 0.495. The van der Waals surface area contributed by atoms with E-state index >= 15 is 0 Å². The number of thioether (sulfide) groups is 1. The second-order valence-electron chi connectivity index (χ2n) is 6.00. The van der Waals surface area contributed by atoms with Gasteiger partial charge in [0.25, 0.3) is 0 Å². The first kappa shape index (κ1) is 17.8. The van der Waals surface area contributed by atoms with Crippen molar-refractivity contribution in [2.24, 2.45) is 4.40 Å². The molecule has 0 radical (unpaired) electrons. The van der Waals surface area contributed by atoms with Crippen molar-refractivity contribution in [3.05, 3.63) is 82.3 Å². The van der Waals surface area contributed by atoms with Gasteiger partial charge in [0.1, 0.15) is 0 Å². The van der Waals surface area contributed by atoms with Crippen molar-refractivity contribution in [1.82, 2.24) is 0 Å². The van der Waals surface area contributed by atoms with Gasteiger partial charge < -0.3 is 0 Å². The van der Waals surface area contributed by atoms with E-state index in [0.29, 0.717) is 4.91 Å². The molecule has 25 heavy (non-hydrogen) atoms. The van der Waals surface area contributed by atoms with Gasteiger partial charge in [-0.2, -0.15) is 0 Å². The van der Waals surface area contributed by atoms with E-state index in [0.717, 1.165) is 21.1 Å². The lowest BCUT2D eigenvalue weighted by atomic mass is 10.1. The minimum Gasteiger partial charge on any atom is -0.289 e. The summed E-state index contributed by atoms with van der Waals surface area (Å²) >= 11 is 2.92. The third-order valence-corrected chi connectivity index (χ3v) is 5.60. The number of carbonyl (C=O) groups excluding carboxylic acids is 1. The van der Waals surface area contributed by atoms with Crippen LogP contribution in [0.15, 0.2) is 85.3 Å². The summed E-state index contributed by atoms with van der Waals surface area (Å²) in [5.41, 5.74) is 4.19. The highest BCUT2D eigenvalue weighted by atomic mass is 32.2. The Morgan fingerprint density at radius 2 is 1.32 bits per heavy atom. The third-order valence-electron chi connectivity index (χ3n) is 3.78. The van der Waals surface area contributed by atoms with E-state index in [1.54, 1.807) is 6.08 Å². The topological polar surface area (TPSA) is 29.4 Å². The summed E-state index contributed by atoms with van der Waals surface area (Å²) in [6.07, 6.45) is 3.56. The van der Waals surface area contributed by atoms with Crippen LogP contribution in [-0.2, 0) is 4.79 Å². The number of ketones is 1. The smallest absolute Gasteiger partial charge is 0.192 e. The summed E-state index contributed by atoms with van der Waals surface area (Å²) in [4.78, 5) is 15.2. The number of hydrogen-bond acceptors (Lipinski definition) is 4. The van der Waals surface area contributed by atoms with Gasteiger partial charge in [0.15, 0.2) is 5.78 Å². The van der Waals surface area contributed by atoms with E-state index in [4.69, 9.17) is 0 Å². The highest BCUT2D eigenvalue weighted by molar-refractivity contribution is 8.04. The molecule has 0 saturated heterocycles. The average Bonchev–Trinajstić information content (AvgIpc) is 2.59. The summed E-state index contributed by atoms with van der Waals surface area (Å²) in [6, 6.07) is 16.5. The fraction of sp³-hybridized carbons (Fsp3) is 0.143. The molecule has 3 rings (SSSR count). The molecule has 2 aromatic rings. The average molecular weight is 366 g/mol. The predicted octanol–water partition coefficient (Wildman–Crippen LogP) is 5.96. The van der Waals surface area contributed by atoms with Crippen molar-refractivity contribution in [2.75, 3.05) is 0 Å². The fourth-order valence-electron chi connectivity index (χ4n) is 2.26. The molecule has 1 aliphatic carbocycles. The summed E-state index contributed by atoms with van der Waals surface area (Å²) in [7, 11) is 0. The minimum atomic E-state index is 0.0439. The van der Waals surface area contributed by atoms with Crippen LogP contribution in [0.1, 0.15) is 18.1 Å². The highest BCUT2D eigenvalue weighted by Crippen LogP contribution is 2.31.